The number of nitrogens with zero attached hydrogens (tertiary/aromatic N) is 1. The molecule has 1 fully saturated rings. The van der Waals surface area contributed by atoms with E-state index in [0.29, 0.717) is 37.4 Å². The summed E-state index contributed by atoms with van der Waals surface area (Å²) in [5.74, 6) is 1.37. The van der Waals surface area contributed by atoms with Crippen molar-refractivity contribution < 1.29 is 14.1 Å². The average molecular weight is 219 g/mol. The lowest BCUT2D eigenvalue weighted by atomic mass is 10.2. The van der Waals surface area contributed by atoms with Crippen LogP contribution in [0.4, 0.5) is 0 Å². The van der Waals surface area contributed by atoms with Crippen LogP contribution in [0.1, 0.15) is 19.3 Å². The van der Waals surface area contributed by atoms with Crippen molar-refractivity contribution in [3.63, 3.8) is 0 Å². The normalized spacial score (nSPS) is 18.5. The van der Waals surface area contributed by atoms with Gasteiger partial charge in [0.1, 0.15) is 0 Å². The van der Waals surface area contributed by atoms with Gasteiger partial charge in [0.05, 0.1) is 0 Å². The lowest BCUT2D eigenvalue weighted by Crippen LogP contribution is -2.41. The molecule has 0 aromatic rings. The Bertz CT molecular complexity index is 210. The summed E-state index contributed by atoms with van der Waals surface area (Å²) >= 11 is 0. The summed E-state index contributed by atoms with van der Waals surface area (Å²) < 4.78 is 11.0. The molecule has 0 radical (unpaired) electrons. The molecule has 5 heteroatoms. The van der Waals surface area contributed by atoms with E-state index < -0.39 is 10.8 Å². The molecular weight excluding hydrogens is 202 g/mol. The van der Waals surface area contributed by atoms with Gasteiger partial charge in [-0.3, -0.25) is 9.00 Å². The first-order valence-electron chi connectivity index (χ1n) is 4.97. The number of unbranched alkanes of at least 4 members (excludes halogenated alkanes) is 1. The Morgan fingerprint density at radius 2 is 1.93 bits per heavy atom. The van der Waals surface area contributed by atoms with Crippen LogP contribution in [0.25, 0.3) is 0 Å². The van der Waals surface area contributed by atoms with Gasteiger partial charge in [0.2, 0.25) is 5.91 Å². The molecule has 0 bridgehead atoms. The van der Waals surface area contributed by atoms with E-state index in [1.165, 1.54) is 0 Å². The second-order valence-corrected chi connectivity index (χ2v) is 5.11. The van der Waals surface area contributed by atoms with Gasteiger partial charge >= 0.3 is 0 Å². The van der Waals surface area contributed by atoms with Gasteiger partial charge in [-0.15, -0.1) is 0 Å². The number of carbonyl (C=O) groups is 1. The molecule has 14 heavy (non-hydrogen) atoms. The van der Waals surface area contributed by atoms with Gasteiger partial charge in [-0.1, -0.05) is 0 Å². The molecular formula is C9H17NO3S. The Morgan fingerprint density at radius 3 is 2.50 bits per heavy atom. The zero-order chi connectivity index (χ0) is 10.4. The predicted molar refractivity (Wildman–Crippen MR) is 55.4 cm³/mol. The van der Waals surface area contributed by atoms with Crippen molar-refractivity contribution in [2.45, 2.75) is 19.3 Å². The molecule has 1 amide bonds. The van der Waals surface area contributed by atoms with Crippen molar-refractivity contribution in [2.75, 3.05) is 31.2 Å². The Kier molecular flexibility index (Phi) is 5.11. The largest absolute Gasteiger partial charge is 0.396 e. The molecule has 4 nitrogen and oxygen atoms in total. The third-order valence-corrected chi connectivity index (χ3v) is 3.61. The molecule has 0 saturated carbocycles. The van der Waals surface area contributed by atoms with Crippen molar-refractivity contribution in [3.05, 3.63) is 0 Å². The second-order valence-electron chi connectivity index (χ2n) is 3.41. The van der Waals surface area contributed by atoms with Crippen LogP contribution >= 0.6 is 0 Å². The fourth-order valence-electron chi connectivity index (χ4n) is 1.43. The maximum atomic E-state index is 11.5. The van der Waals surface area contributed by atoms with Gasteiger partial charge in [0.25, 0.3) is 0 Å². The summed E-state index contributed by atoms with van der Waals surface area (Å²) in [6, 6.07) is 0. The van der Waals surface area contributed by atoms with Crippen LogP contribution in [0, 0.1) is 0 Å². The third kappa shape index (κ3) is 3.75. The molecule has 0 aromatic heterocycles. The fourth-order valence-corrected chi connectivity index (χ4v) is 2.49. The summed E-state index contributed by atoms with van der Waals surface area (Å²) in [6.07, 6.45) is 1.94. The van der Waals surface area contributed by atoms with Gasteiger partial charge in [0, 0.05) is 48.4 Å². The Hall–Kier alpha value is -0.420. The number of hydrogen-bond acceptors (Lipinski definition) is 3. The number of carbonyl (C=O) groups excluding carboxylic acids is 1. The number of aliphatic hydroxyl groups excluding tert-OH is 1. The van der Waals surface area contributed by atoms with Crippen LogP contribution in [0.3, 0.4) is 0 Å². The number of rotatable bonds is 4. The van der Waals surface area contributed by atoms with Crippen LogP contribution in [-0.4, -0.2) is 51.3 Å². The van der Waals surface area contributed by atoms with E-state index in [0.717, 1.165) is 6.42 Å². The summed E-state index contributed by atoms with van der Waals surface area (Å²) in [6.45, 7) is 1.41. The van der Waals surface area contributed by atoms with Gasteiger partial charge in [-0.2, -0.15) is 0 Å². The predicted octanol–water partition coefficient (Wildman–Crippen LogP) is -0.260. The van der Waals surface area contributed by atoms with Crippen LogP contribution < -0.4 is 0 Å². The molecule has 1 rings (SSSR count). The van der Waals surface area contributed by atoms with E-state index in [1.54, 1.807) is 4.90 Å². The SMILES string of the molecule is O=C(CCCCO)N1CCS(=O)CC1. The molecule has 0 spiro atoms. The Morgan fingerprint density at radius 1 is 1.29 bits per heavy atom. The maximum absolute atomic E-state index is 11.5. The zero-order valence-corrected chi connectivity index (χ0v) is 9.09. The van der Waals surface area contributed by atoms with Gasteiger partial charge < -0.3 is 10.0 Å². The second kappa shape index (κ2) is 6.14. The smallest absolute Gasteiger partial charge is 0.222 e. The molecule has 1 N–H and O–H groups in total. The summed E-state index contributed by atoms with van der Waals surface area (Å²) in [4.78, 5) is 13.3. The van der Waals surface area contributed by atoms with Crippen molar-refractivity contribution in [3.8, 4) is 0 Å². The quantitative estimate of drug-likeness (QED) is 0.663. The molecule has 1 saturated heterocycles. The highest BCUT2D eigenvalue weighted by molar-refractivity contribution is 7.85. The van der Waals surface area contributed by atoms with Crippen molar-refractivity contribution in [1.82, 2.24) is 4.90 Å². The van der Waals surface area contributed by atoms with E-state index in [4.69, 9.17) is 5.11 Å². The third-order valence-electron chi connectivity index (χ3n) is 2.33. The minimum Gasteiger partial charge on any atom is -0.396 e. The van der Waals surface area contributed by atoms with Gasteiger partial charge in [0.15, 0.2) is 0 Å². The fraction of sp³-hybridized carbons (Fsp3) is 0.889. The maximum Gasteiger partial charge on any atom is 0.222 e. The average Bonchev–Trinajstić information content (AvgIpc) is 2.19. The van der Waals surface area contributed by atoms with Crippen LogP contribution in [0.5, 0.6) is 0 Å². The van der Waals surface area contributed by atoms with Crippen LogP contribution in [-0.2, 0) is 15.6 Å². The molecule has 1 aliphatic rings. The van der Waals surface area contributed by atoms with E-state index in [1.807, 2.05) is 0 Å². The zero-order valence-electron chi connectivity index (χ0n) is 8.28. The number of hydrogen-bond donors (Lipinski definition) is 1. The lowest BCUT2D eigenvalue weighted by molar-refractivity contribution is -0.131. The molecule has 1 aliphatic heterocycles. The van der Waals surface area contributed by atoms with E-state index >= 15 is 0 Å². The summed E-state index contributed by atoms with van der Waals surface area (Å²) in [5, 5.41) is 8.56. The highest BCUT2D eigenvalue weighted by atomic mass is 32.2. The highest BCUT2D eigenvalue weighted by Crippen LogP contribution is 2.05. The topological polar surface area (TPSA) is 57.6 Å². The standard InChI is InChI=1S/C9H17NO3S/c11-6-2-1-3-9(12)10-4-7-14(13)8-5-10/h11H,1-8H2. The molecule has 0 atom stereocenters. The van der Waals surface area contributed by atoms with Crippen molar-refractivity contribution >= 4 is 16.7 Å². The molecule has 0 aliphatic carbocycles. The number of aliphatic hydroxyl groups is 1. The Balaban J connectivity index is 2.20. The van der Waals surface area contributed by atoms with E-state index in [9.17, 15) is 9.00 Å². The van der Waals surface area contributed by atoms with Gasteiger partial charge in [-0.05, 0) is 12.8 Å². The minimum absolute atomic E-state index is 0.134. The van der Waals surface area contributed by atoms with Crippen LogP contribution in [0.2, 0.25) is 0 Å². The van der Waals surface area contributed by atoms with E-state index in [-0.39, 0.29) is 12.5 Å². The first-order chi connectivity index (χ1) is 6.74. The van der Waals surface area contributed by atoms with E-state index in [2.05, 4.69) is 0 Å². The van der Waals surface area contributed by atoms with Gasteiger partial charge in [-0.25, -0.2) is 0 Å². The monoisotopic (exact) mass is 219 g/mol. The first kappa shape index (κ1) is 11.7. The molecule has 1 heterocycles. The summed E-state index contributed by atoms with van der Waals surface area (Å²) in [5.41, 5.74) is 0. The minimum atomic E-state index is -0.719. The van der Waals surface area contributed by atoms with Crippen LogP contribution in [0.15, 0.2) is 0 Å². The lowest BCUT2D eigenvalue weighted by Gasteiger charge is -2.26. The first-order valence-corrected chi connectivity index (χ1v) is 6.46. The summed E-state index contributed by atoms with van der Waals surface area (Å²) in [7, 11) is -0.719. The van der Waals surface area contributed by atoms with Crippen molar-refractivity contribution in [1.29, 1.82) is 0 Å². The highest BCUT2D eigenvalue weighted by Gasteiger charge is 2.18. The molecule has 82 valence electrons. The Labute approximate surface area is 86.7 Å². The molecule has 0 unspecified atom stereocenters. The number of amides is 1. The molecule has 0 aromatic carbocycles. The van der Waals surface area contributed by atoms with Crippen molar-refractivity contribution in [2.24, 2.45) is 0 Å².